The summed E-state index contributed by atoms with van der Waals surface area (Å²) < 4.78 is 26.3. The normalized spacial score (nSPS) is 24.6. The lowest BCUT2D eigenvalue weighted by atomic mass is 10.1. The van der Waals surface area contributed by atoms with E-state index in [-0.39, 0.29) is 22.3 Å². The standard InChI is InChI=1S/C14H18ClN5O4S3/c1-14(2,3)26-12(22)9-7(5-25-13-16-17-18-19(13)4)6-27(23,24)11-8(15)10(21)20(9)11/h8,11H,5-6H2,1-4H3/t8-,11+/m0/s1. The molecule has 0 saturated carbocycles. The van der Waals surface area contributed by atoms with Gasteiger partial charge in [-0.1, -0.05) is 44.3 Å². The van der Waals surface area contributed by atoms with E-state index in [1.807, 2.05) is 20.8 Å². The van der Waals surface area contributed by atoms with Gasteiger partial charge in [-0.05, 0) is 16.0 Å². The van der Waals surface area contributed by atoms with Gasteiger partial charge in [-0.2, -0.15) is 0 Å². The number of carbonyl (C=O) groups excluding carboxylic acids is 2. The zero-order valence-electron chi connectivity index (χ0n) is 15.0. The first kappa shape index (κ1) is 20.6. The summed E-state index contributed by atoms with van der Waals surface area (Å²) in [7, 11) is -2.03. The van der Waals surface area contributed by atoms with Gasteiger partial charge in [0.05, 0.1) is 5.75 Å². The quantitative estimate of drug-likeness (QED) is 0.372. The number of aromatic nitrogens is 4. The number of β-lactam (4-membered cyclic amide) rings is 1. The summed E-state index contributed by atoms with van der Waals surface area (Å²) in [5.74, 6) is -0.720. The van der Waals surface area contributed by atoms with Crippen LogP contribution in [-0.4, -0.2) is 71.6 Å². The molecular weight excluding hydrogens is 434 g/mol. The van der Waals surface area contributed by atoms with E-state index in [1.54, 1.807) is 7.05 Å². The number of tetrazole rings is 1. The SMILES string of the molecule is Cn1nnnc1SCC1=C(C(=O)SC(C)(C)C)N2C(=O)[C@H](Cl)[C@H]2S(=O)(=O)C1. The third-order valence-electron chi connectivity index (χ3n) is 3.85. The van der Waals surface area contributed by atoms with Gasteiger partial charge in [0.25, 0.3) is 0 Å². The van der Waals surface area contributed by atoms with E-state index in [4.69, 9.17) is 11.6 Å². The topological polar surface area (TPSA) is 115 Å². The Morgan fingerprint density at radius 2 is 2.04 bits per heavy atom. The second-order valence-corrected chi connectivity index (χ2v) is 12.4. The first-order chi connectivity index (χ1) is 12.4. The molecule has 0 bridgehead atoms. The summed E-state index contributed by atoms with van der Waals surface area (Å²) in [5, 5.41) is 8.88. The fraction of sp³-hybridized carbons (Fsp3) is 0.643. The van der Waals surface area contributed by atoms with Crippen LogP contribution in [0.5, 0.6) is 0 Å². The molecule has 1 saturated heterocycles. The molecule has 0 spiro atoms. The number of amides is 1. The van der Waals surface area contributed by atoms with Crippen LogP contribution < -0.4 is 0 Å². The van der Waals surface area contributed by atoms with Crippen LogP contribution in [0.3, 0.4) is 0 Å². The maximum atomic E-state index is 12.9. The van der Waals surface area contributed by atoms with Gasteiger partial charge >= 0.3 is 0 Å². The van der Waals surface area contributed by atoms with Gasteiger partial charge in [0.15, 0.2) is 15.2 Å². The Balaban J connectivity index is 2.00. The Hall–Kier alpha value is -1.11. The highest BCUT2D eigenvalue weighted by Gasteiger charge is 2.59. The minimum absolute atomic E-state index is 0.124. The maximum Gasteiger partial charge on any atom is 0.249 e. The number of fused-ring (bicyclic) bond motifs is 1. The molecule has 27 heavy (non-hydrogen) atoms. The van der Waals surface area contributed by atoms with Crippen molar-refractivity contribution in [2.24, 2.45) is 7.05 Å². The first-order valence-electron chi connectivity index (χ1n) is 7.91. The molecule has 13 heteroatoms. The highest BCUT2D eigenvalue weighted by Crippen LogP contribution is 2.43. The molecule has 3 heterocycles. The number of sulfone groups is 1. The zero-order valence-corrected chi connectivity index (χ0v) is 18.2. The average Bonchev–Trinajstić information content (AvgIpc) is 2.94. The smallest absolute Gasteiger partial charge is 0.249 e. The molecule has 1 aromatic rings. The second-order valence-electron chi connectivity index (χ2n) is 7.14. The summed E-state index contributed by atoms with van der Waals surface area (Å²) >= 11 is 8.20. The Kier molecular flexibility index (Phi) is 5.38. The number of thioether (sulfide) groups is 2. The Bertz CT molecular complexity index is 937. The van der Waals surface area contributed by atoms with Crippen LogP contribution >= 0.6 is 35.1 Å². The van der Waals surface area contributed by atoms with Crippen LogP contribution in [0.2, 0.25) is 0 Å². The van der Waals surface area contributed by atoms with Crippen LogP contribution in [-0.2, 0) is 26.5 Å². The maximum absolute atomic E-state index is 12.9. The molecule has 1 aromatic heterocycles. The van der Waals surface area contributed by atoms with Crippen LogP contribution in [0.25, 0.3) is 0 Å². The number of rotatable bonds is 4. The van der Waals surface area contributed by atoms with Crippen molar-refractivity contribution in [3.8, 4) is 0 Å². The van der Waals surface area contributed by atoms with Gasteiger partial charge in [-0.15, -0.1) is 16.7 Å². The highest BCUT2D eigenvalue weighted by atomic mass is 35.5. The molecule has 2 atom stereocenters. The van der Waals surface area contributed by atoms with Crippen molar-refractivity contribution in [2.75, 3.05) is 11.5 Å². The third kappa shape index (κ3) is 3.89. The van der Waals surface area contributed by atoms with Gasteiger partial charge in [-0.3, -0.25) is 14.5 Å². The summed E-state index contributed by atoms with van der Waals surface area (Å²) in [4.78, 5) is 26.3. The van der Waals surface area contributed by atoms with E-state index in [0.29, 0.717) is 10.7 Å². The molecule has 0 aromatic carbocycles. The van der Waals surface area contributed by atoms with Crippen molar-refractivity contribution in [3.05, 3.63) is 11.3 Å². The second kappa shape index (κ2) is 7.05. The molecule has 0 radical (unpaired) electrons. The molecule has 148 valence electrons. The number of hydrogen-bond donors (Lipinski definition) is 0. The van der Waals surface area contributed by atoms with Crippen molar-refractivity contribution in [2.45, 2.75) is 41.4 Å². The molecular formula is C14H18ClN5O4S3. The molecule has 9 nitrogen and oxygen atoms in total. The average molecular weight is 452 g/mol. The number of halogens is 1. The monoisotopic (exact) mass is 451 g/mol. The predicted molar refractivity (Wildman–Crippen MR) is 103 cm³/mol. The highest BCUT2D eigenvalue weighted by molar-refractivity contribution is 8.15. The fourth-order valence-electron chi connectivity index (χ4n) is 2.75. The lowest BCUT2D eigenvalue weighted by molar-refractivity contribution is -0.140. The molecule has 2 aliphatic rings. The molecule has 0 N–H and O–H groups in total. The predicted octanol–water partition coefficient (Wildman–Crippen LogP) is 0.819. The van der Waals surface area contributed by atoms with Crippen molar-refractivity contribution in [3.63, 3.8) is 0 Å². The fourth-order valence-corrected chi connectivity index (χ4v) is 7.23. The Labute approximate surface area is 170 Å². The molecule has 2 aliphatic heterocycles. The van der Waals surface area contributed by atoms with E-state index in [1.165, 1.54) is 16.4 Å². The minimum atomic E-state index is -3.68. The summed E-state index contributed by atoms with van der Waals surface area (Å²) in [6.07, 6.45) is 0. The minimum Gasteiger partial charge on any atom is -0.287 e. The summed E-state index contributed by atoms with van der Waals surface area (Å²) in [5.41, 5.74) is 0.484. The van der Waals surface area contributed by atoms with Crippen LogP contribution in [0.1, 0.15) is 20.8 Å². The van der Waals surface area contributed by atoms with Gasteiger partial charge in [0, 0.05) is 17.5 Å². The van der Waals surface area contributed by atoms with Crippen LogP contribution in [0.15, 0.2) is 16.4 Å². The van der Waals surface area contributed by atoms with Crippen LogP contribution in [0, 0.1) is 0 Å². The molecule has 3 rings (SSSR count). The van der Waals surface area contributed by atoms with Crippen molar-refractivity contribution in [1.29, 1.82) is 0 Å². The van der Waals surface area contributed by atoms with E-state index in [0.717, 1.165) is 16.7 Å². The molecule has 1 fully saturated rings. The van der Waals surface area contributed by atoms with E-state index in [2.05, 4.69) is 15.5 Å². The Morgan fingerprint density at radius 3 is 2.59 bits per heavy atom. The zero-order chi connectivity index (χ0) is 20.1. The van der Waals surface area contributed by atoms with Gasteiger partial charge in [-0.25, -0.2) is 13.1 Å². The number of aryl methyl sites for hydroxylation is 1. The summed E-state index contributed by atoms with van der Waals surface area (Å²) in [6, 6.07) is 0. The number of carbonyl (C=O) groups is 2. The third-order valence-corrected chi connectivity index (χ3v) is 8.48. The van der Waals surface area contributed by atoms with Gasteiger partial charge in [0.2, 0.25) is 16.2 Å². The van der Waals surface area contributed by atoms with E-state index < -0.39 is 31.2 Å². The molecule has 0 aliphatic carbocycles. The lowest BCUT2D eigenvalue weighted by Crippen LogP contribution is -2.68. The number of nitrogens with zero attached hydrogens (tertiary/aromatic N) is 5. The largest absolute Gasteiger partial charge is 0.287 e. The number of alkyl halides is 1. The van der Waals surface area contributed by atoms with Crippen molar-refractivity contribution >= 4 is 56.0 Å². The first-order valence-corrected chi connectivity index (χ1v) is 11.9. The van der Waals surface area contributed by atoms with Crippen molar-refractivity contribution < 1.29 is 18.0 Å². The van der Waals surface area contributed by atoms with Gasteiger partial charge < -0.3 is 0 Å². The molecule has 1 amide bonds. The van der Waals surface area contributed by atoms with E-state index >= 15 is 0 Å². The Morgan fingerprint density at radius 1 is 1.37 bits per heavy atom. The lowest BCUT2D eigenvalue weighted by Gasteiger charge is -2.47. The molecule has 0 unspecified atom stereocenters. The summed E-state index contributed by atoms with van der Waals surface area (Å²) in [6.45, 7) is 5.61. The van der Waals surface area contributed by atoms with Crippen LogP contribution in [0.4, 0.5) is 0 Å². The number of hydrogen-bond acceptors (Lipinski definition) is 9. The van der Waals surface area contributed by atoms with Gasteiger partial charge in [0.1, 0.15) is 11.1 Å². The van der Waals surface area contributed by atoms with E-state index in [9.17, 15) is 18.0 Å². The van der Waals surface area contributed by atoms with Crippen molar-refractivity contribution in [1.82, 2.24) is 25.1 Å².